The average Bonchev–Trinajstić information content (AvgIpc) is 2.15. The van der Waals surface area contributed by atoms with Gasteiger partial charge >= 0.3 is 0 Å². The molecule has 0 amide bonds. The molecule has 0 atom stereocenters. The van der Waals surface area contributed by atoms with Crippen LogP contribution in [0, 0.1) is 10.1 Å². The van der Waals surface area contributed by atoms with Crippen molar-refractivity contribution in [3.8, 4) is 0 Å². The first-order valence-corrected chi connectivity index (χ1v) is 4.17. The summed E-state index contributed by atoms with van der Waals surface area (Å²) in [6.45, 7) is 5.61. The van der Waals surface area contributed by atoms with E-state index in [-0.39, 0.29) is 5.69 Å². The van der Waals surface area contributed by atoms with Crippen molar-refractivity contribution >= 4 is 11.8 Å². The van der Waals surface area contributed by atoms with Gasteiger partial charge in [-0.05, 0) is 24.6 Å². The molecule has 0 radical (unpaired) electrons. The predicted molar refractivity (Wildman–Crippen MR) is 56.9 cm³/mol. The van der Waals surface area contributed by atoms with Crippen LogP contribution < -0.4 is 0 Å². The summed E-state index contributed by atoms with van der Waals surface area (Å²) in [7, 11) is 0. The van der Waals surface area contributed by atoms with E-state index in [2.05, 4.69) is 6.58 Å². The van der Waals surface area contributed by atoms with E-state index in [0.29, 0.717) is 0 Å². The standard InChI is InChI=1S/C11H11NO2/c1-9(2)3-4-10-5-7-11(8-6-10)12(13)14/h3-8H,1H2,2H3/b4-3+. The number of nitrogens with zero attached hydrogens (tertiary/aromatic N) is 1. The Hall–Kier alpha value is -1.90. The highest BCUT2D eigenvalue weighted by atomic mass is 16.6. The molecule has 0 bridgehead atoms. The molecule has 0 aliphatic heterocycles. The summed E-state index contributed by atoms with van der Waals surface area (Å²) in [4.78, 5) is 9.94. The van der Waals surface area contributed by atoms with Crippen molar-refractivity contribution in [1.82, 2.24) is 0 Å². The summed E-state index contributed by atoms with van der Waals surface area (Å²) in [5, 5.41) is 10.4. The Balaban J connectivity index is 2.83. The molecule has 72 valence electrons. The van der Waals surface area contributed by atoms with Gasteiger partial charge in [-0.3, -0.25) is 10.1 Å². The van der Waals surface area contributed by atoms with Crippen LogP contribution in [0.15, 0.2) is 42.5 Å². The van der Waals surface area contributed by atoms with Gasteiger partial charge in [0, 0.05) is 12.1 Å². The number of rotatable bonds is 3. The summed E-state index contributed by atoms with van der Waals surface area (Å²) in [5.41, 5.74) is 1.99. The summed E-state index contributed by atoms with van der Waals surface area (Å²) in [6, 6.07) is 6.38. The number of hydrogen-bond donors (Lipinski definition) is 0. The van der Waals surface area contributed by atoms with E-state index < -0.39 is 4.92 Å². The first-order valence-electron chi connectivity index (χ1n) is 4.17. The number of hydrogen-bond acceptors (Lipinski definition) is 2. The molecule has 3 nitrogen and oxygen atoms in total. The van der Waals surface area contributed by atoms with Gasteiger partial charge in [-0.1, -0.05) is 24.3 Å². The fourth-order valence-electron chi connectivity index (χ4n) is 0.946. The van der Waals surface area contributed by atoms with Crippen molar-refractivity contribution < 1.29 is 4.92 Å². The lowest BCUT2D eigenvalue weighted by Crippen LogP contribution is -1.86. The molecule has 0 heterocycles. The smallest absolute Gasteiger partial charge is 0.258 e. The van der Waals surface area contributed by atoms with Gasteiger partial charge in [0.25, 0.3) is 5.69 Å². The van der Waals surface area contributed by atoms with Crippen LogP contribution in [0.1, 0.15) is 12.5 Å². The largest absolute Gasteiger partial charge is 0.269 e. The molecule has 0 saturated heterocycles. The summed E-state index contributed by atoms with van der Waals surface area (Å²) >= 11 is 0. The molecule has 0 saturated carbocycles. The van der Waals surface area contributed by atoms with Gasteiger partial charge in [0.1, 0.15) is 0 Å². The van der Waals surface area contributed by atoms with Gasteiger partial charge in [-0.25, -0.2) is 0 Å². The lowest BCUT2D eigenvalue weighted by Gasteiger charge is -1.93. The van der Waals surface area contributed by atoms with Crippen molar-refractivity contribution in [3.05, 3.63) is 58.2 Å². The minimum Gasteiger partial charge on any atom is -0.258 e. The van der Waals surface area contributed by atoms with Crippen LogP contribution in [-0.4, -0.2) is 4.92 Å². The van der Waals surface area contributed by atoms with Crippen LogP contribution in [0.25, 0.3) is 6.08 Å². The van der Waals surface area contributed by atoms with Crippen LogP contribution in [0.5, 0.6) is 0 Å². The summed E-state index contributed by atoms with van der Waals surface area (Å²) in [5.74, 6) is 0. The molecule has 0 spiro atoms. The second-order valence-corrected chi connectivity index (χ2v) is 3.03. The first kappa shape index (κ1) is 10.2. The summed E-state index contributed by atoms with van der Waals surface area (Å²) in [6.07, 6.45) is 3.73. The van der Waals surface area contributed by atoms with Crippen LogP contribution in [0.3, 0.4) is 0 Å². The van der Waals surface area contributed by atoms with Gasteiger partial charge in [0.15, 0.2) is 0 Å². The Bertz CT molecular complexity index is 377. The fourth-order valence-corrected chi connectivity index (χ4v) is 0.946. The van der Waals surface area contributed by atoms with Crippen LogP contribution in [0.2, 0.25) is 0 Å². The molecular weight excluding hydrogens is 178 g/mol. The van der Waals surface area contributed by atoms with Gasteiger partial charge in [-0.15, -0.1) is 0 Å². The zero-order chi connectivity index (χ0) is 10.6. The second-order valence-electron chi connectivity index (χ2n) is 3.03. The predicted octanol–water partition coefficient (Wildman–Crippen LogP) is 3.18. The molecule has 0 aliphatic carbocycles. The third-order valence-corrected chi connectivity index (χ3v) is 1.66. The minimum absolute atomic E-state index is 0.109. The van der Waals surface area contributed by atoms with Crippen molar-refractivity contribution in [2.75, 3.05) is 0 Å². The quantitative estimate of drug-likeness (QED) is 0.416. The highest BCUT2D eigenvalue weighted by molar-refractivity contribution is 5.54. The van der Waals surface area contributed by atoms with E-state index in [9.17, 15) is 10.1 Å². The summed E-state index contributed by atoms with van der Waals surface area (Å²) < 4.78 is 0. The van der Waals surface area contributed by atoms with Crippen LogP contribution >= 0.6 is 0 Å². The Morgan fingerprint density at radius 2 is 2.00 bits per heavy atom. The first-order chi connectivity index (χ1) is 6.59. The number of nitro benzene ring substituents is 1. The molecule has 1 rings (SSSR count). The maximum atomic E-state index is 10.4. The van der Waals surface area contributed by atoms with E-state index in [4.69, 9.17) is 0 Å². The van der Waals surface area contributed by atoms with E-state index >= 15 is 0 Å². The van der Waals surface area contributed by atoms with E-state index in [1.54, 1.807) is 12.1 Å². The van der Waals surface area contributed by atoms with Crippen molar-refractivity contribution in [2.45, 2.75) is 6.92 Å². The van der Waals surface area contributed by atoms with Crippen molar-refractivity contribution in [1.29, 1.82) is 0 Å². The maximum absolute atomic E-state index is 10.4. The monoisotopic (exact) mass is 189 g/mol. The molecule has 1 aromatic carbocycles. The SMILES string of the molecule is C=C(C)/C=C/c1ccc([N+](=O)[O-])cc1. The Morgan fingerprint density at radius 1 is 1.43 bits per heavy atom. The lowest BCUT2D eigenvalue weighted by atomic mass is 10.1. The average molecular weight is 189 g/mol. The lowest BCUT2D eigenvalue weighted by molar-refractivity contribution is -0.384. The molecule has 0 unspecified atom stereocenters. The number of allylic oxidation sites excluding steroid dienone is 2. The molecule has 0 N–H and O–H groups in total. The Kier molecular flexibility index (Phi) is 3.18. The number of non-ortho nitro benzene ring substituents is 1. The van der Waals surface area contributed by atoms with Crippen LogP contribution in [0.4, 0.5) is 5.69 Å². The van der Waals surface area contributed by atoms with Gasteiger partial charge in [0.05, 0.1) is 4.92 Å². The molecule has 0 aromatic heterocycles. The minimum atomic E-state index is -0.410. The molecule has 0 aliphatic rings. The molecular formula is C11H11NO2. The zero-order valence-electron chi connectivity index (χ0n) is 7.93. The number of nitro groups is 1. The second kappa shape index (κ2) is 4.37. The van der Waals surface area contributed by atoms with Gasteiger partial charge in [-0.2, -0.15) is 0 Å². The topological polar surface area (TPSA) is 43.1 Å². The van der Waals surface area contributed by atoms with E-state index in [1.165, 1.54) is 12.1 Å². The third kappa shape index (κ3) is 2.86. The number of benzene rings is 1. The molecule has 3 heteroatoms. The molecule has 14 heavy (non-hydrogen) atoms. The third-order valence-electron chi connectivity index (χ3n) is 1.66. The highest BCUT2D eigenvalue weighted by Gasteiger charge is 2.01. The normalized spacial score (nSPS) is 10.4. The van der Waals surface area contributed by atoms with Crippen molar-refractivity contribution in [3.63, 3.8) is 0 Å². The highest BCUT2D eigenvalue weighted by Crippen LogP contribution is 2.13. The Labute approximate surface area is 82.5 Å². The van der Waals surface area contributed by atoms with Gasteiger partial charge < -0.3 is 0 Å². The van der Waals surface area contributed by atoms with Crippen molar-refractivity contribution in [2.24, 2.45) is 0 Å². The fraction of sp³-hybridized carbons (Fsp3) is 0.0909. The Morgan fingerprint density at radius 3 is 2.43 bits per heavy atom. The van der Waals surface area contributed by atoms with Gasteiger partial charge in [0.2, 0.25) is 0 Å². The molecule has 0 fully saturated rings. The van der Waals surface area contributed by atoms with Crippen LogP contribution in [-0.2, 0) is 0 Å². The molecule has 1 aromatic rings. The maximum Gasteiger partial charge on any atom is 0.269 e. The van der Waals surface area contributed by atoms with E-state index in [0.717, 1.165) is 11.1 Å². The zero-order valence-corrected chi connectivity index (χ0v) is 7.93. The van der Waals surface area contributed by atoms with E-state index in [1.807, 2.05) is 19.1 Å².